The van der Waals surface area contributed by atoms with E-state index in [0.717, 1.165) is 0 Å². The highest BCUT2D eigenvalue weighted by atomic mass is 16.5. The average molecular weight is 304 g/mol. The Labute approximate surface area is 126 Å². The molecule has 2 aromatic rings. The molecule has 0 aliphatic heterocycles. The van der Waals surface area contributed by atoms with Gasteiger partial charge in [-0.15, -0.1) is 0 Å². The summed E-state index contributed by atoms with van der Waals surface area (Å²) in [4.78, 5) is 29.1. The Morgan fingerprint density at radius 1 is 1.00 bits per heavy atom. The van der Waals surface area contributed by atoms with Crippen molar-refractivity contribution in [2.75, 3.05) is 18.6 Å². The lowest BCUT2D eigenvalue weighted by Crippen LogP contribution is -2.30. The number of carbonyl (C=O) groups excluding carboxylic acids is 2. The van der Waals surface area contributed by atoms with E-state index >= 15 is 0 Å². The molecule has 1 amide bonds. The average Bonchev–Trinajstić information content (AvgIpc) is 2.54. The van der Waals surface area contributed by atoms with Gasteiger partial charge in [-0.2, -0.15) is 0 Å². The largest absolute Gasteiger partial charge is 0.464 e. The van der Waals surface area contributed by atoms with E-state index in [2.05, 4.69) is 14.7 Å². The number of rotatable bonds is 2. The molecule has 2 rings (SSSR count). The second-order valence-electron chi connectivity index (χ2n) is 3.86. The summed E-state index contributed by atoms with van der Waals surface area (Å²) in [6.45, 7) is 0. The minimum Gasteiger partial charge on any atom is -0.464 e. The van der Waals surface area contributed by atoms with Gasteiger partial charge in [0.05, 0.1) is 7.11 Å². The number of anilines is 2. The van der Waals surface area contributed by atoms with Crippen molar-refractivity contribution < 1.29 is 14.3 Å². The van der Waals surface area contributed by atoms with E-state index in [9.17, 15) is 9.59 Å². The maximum atomic E-state index is 10.8. The number of pyridine rings is 2. The number of methoxy groups -OCH3 is 1. The summed E-state index contributed by atoms with van der Waals surface area (Å²) >= 11 is 0. The van der Waals surface area contributed by atoms with Crippen molar-refractivity contribution in [3.8, 4) is 0 Å². The Morgan fingerprint density at radius 2 is 1.50 bits per heavy atom. The van der Waals surface area contributed by atoms with Gasteiger partial charge in [-0.3, -0.25) is 10.2 Å². The van der Waals surface area contributed by atoms with Crippen LogP contribution in [0, 0.1) is 0 Å². The molecule has 0 spiro atoms. The Morgan fingerprint density at radius 3 is 1.95 bits per heavy atom. The lowest BCUT2D eigenvalue weighted by Gasteiger charge is -1.97. The van der Waals surface area contributed by atoms with Crippen LogP contribution in [0.1, 0.15) is 21.0 Å². The van der Waals surface area contributed by atoms with Crippen LogP contribution in [0.3, 0.4) is 0 Å². The number of esters is 1. The molecule has 0 radical (unpaired) electrons. The first-order valence-corrected chi connectivity index (χ1v) is 6.02. The third-order valence-electron chi connectivity index (χ3n) is 2.30. The summed E-state index contributed by atoms with van der Waals surface area (Å²) < 4.78 is 4.43. The Bertz CT molecular complexity index is 604. The first kappa shape index (κ1) is 16.9. The van der Waals surface area contributed by atoms with Gasteiger partial charge in [0, 0.05) is 0 Å². The molecule has 9 nitrogen and oxygen atoms in total. The fourth-order valence-corrected chi connectivity index (χ4v) is 1.32. The first-order chi connectivity index (χ1) is 10.5. The molecule has 2 heterocycles. The van der Waals surface area contributed by atoms with Crippen LogP contribution >= 0.6 is 0 Å². The highest BCUT2D eigenvalue weighted by Crippen LogP contribution is 2.01. The van der Waals surface area contributed by atoms with Crippen molar-refractivity contribution in [2.45, 2.75) is 0 Å². The molecular weight excluding hydrogens is 288 g/mol. The number of hydrazine groups is 1. The normalized spacial score (nSPS) is 9.18. The van der Waals surface area contributed by atoms with Crippen LogP contribution in [-0.2, 0) is 4.74 Å². The molecule has 0 unspecified atom stereocenters. The summed E-state index contributed by atoms with van der Waals surface area (Å²) in [5, 5.41) is 0. The van der Waals surface area contributed by atoms with Gasteiger partial charge in [-0.1, -0.05) is 12.1 Å². The van der Waals surface area contributed by atoms with Crippen LogP contribution < -0.4 is 22.7 Å². The molecule has 2 aromatic heterocycles. The molecule has 0 atom stereocenters. The van der Waals surface area contributed by atoms with Crippen LogP contribution in [0.5, 0.6) is 0 Å². The molecule has 0 aliphatic carbocycles. The molecule has 9 heteroatoms. The van der Waals surface area contributed by atoms with Crippen molar-refractivity contribution in [1.82, 2.24) is 15.4 Å². The number of hydrogen-bond donors (Lipinski definition) is 4. The minimum atomic E-state index is -0.475. The standard InChI is InChI=1S/C7H8N2O2.C6H8N4O/c1-11-7(10)5-3-2-4-6(8)9-5;7-5-3-1-2-4(9-5)6(11)10-8/h2-4H,1H3,(H2,8,9);1-3H,8H2,(H2,7,9)(H,10,11). The molecule has 116 valence electrons. The van der Waals surface area contributed by atoms with Gasteiger partial charge < -0.3 is 16.2 Å². The lowest BCUT2D eigenvalue weighted by molar-refractivity contribution is 0.0594. The number of hydrogen-bond acceptors (Lipinski definition) is 8. The molecule has 22 heavy (non-hydrogen) atoms. The molecule has 0 aromatic carbocycles. The van der Waals surface area contributed by atoms with Gasteiger partial charge in [0.1, 0.15) is 17.3 Å². The van der Waals surface area contributed by atoms with Gasteiger partial charge in [-0.25, -0.2) is 20.6 Å². The maximum Gasteiger partial charge on any atom is 0.356 e. The van der Waals surface area contributed by atoms with Crippen LogP contribution in [0.15, 0.2) is 36.4 Å². The second kappa shape index (κ2) is 8.17. The monoisotopic (exact) mass is 304 g/mol. The predicted molar refractivity (Wildman–Crippen MR) is 80.3 cm³/mol. The van der Waals surface area contributed by atoms with E-state index in [-0.39, 0.29) is 11.4 Å². The second-order valence-corrected chi connectivity index (χ2v) is 3.86. The number of carbonyl (C=O) groups is 2. The smallest absolute Gasteiger partial charge is 0.356 e. The lowest BCUT2D eigenvalue weighted by atomic mass is 10.3. The van der Waals surface area contributed by atoms with E-state index in [1.807, 2.05) is 5.43 Å². The van der Waals surface area contributed by atoms with E-state index in [1.54, 1.807) is 30.3 Å². The van der Waals surface area contributed by atoms with E-state index in [4.69, 9.17) is 17.3 Å². The summed E-state index contributed by atoms with van der Waals surface area (Å²) in [5.74, 6) is 4.56. The van der Waals surface area contributed by atoms with E-state index in [0.29, 0.717) is 11.6 Å². The first-order valence-electron chi connectivity index (χ1n) is 6.02. The Kier molecular flexibility index (Phi) is 6.26. The third-order valence-corrected chi connectivity index (χ3v) is 2.30. The molecule has 0 aliphatic rings. The quantitative estimate of drug-likeness (QED) is 0.255. The van der Waals surface area contributed by atoms with Crippen molar-refractivity contribution in [3.63, 3.8) is 0 Å². The third kappa shape index (κ3) is 5.06. The highest BCUT2D eigenvalue weighted by molar-refractivity contribution is 5.92. The fourth-order valence-electron chi connectivity index (χ4n) is 1.32. The zero-order chi connectivity index (χ0) is 16.5. The number of amides is 1. The number of nitrogens with two attached hydrogens (primary N) is 3. The Balaban J connectivity index is 0.000000220. The van der Waals surface area contributed by atoms with Gasteiger partial charge in [0.15, 0.2) is 5.69 Å². The highest BCUT2D eigenvalue weighted by Gasteiger charge is 2.05. The zero-order valence-corrected chi connectivity index (χ0v) is 11.8. The van der Waals surface area contributed by atoms with Crippen molar-refractivity contribution >= 4 is 23.5 Å². The van der Waals surface area contributed by atoms with Gasteiger partial charge in [0.2, 0.25) is 0 Å². The van der Waals surface area contributed by atoms with Crippen LogP contribution in [-0.4, -0.2) is 29.0 Å². The molecule has 0 bridgehead atoms. The van der Waals surface area contributed by atoms with Crippen LogP contribution in [0.2, 0.25) is 0 Å². The summed E-state index contributed by atoms with van der Waals surface area (Å²) in [6, 6.07) is 9.54. The summed E-state index contributed by atoms with van der Waals surface area (Å²) in [5.41, 5.74) is 13.0. The topological polar surface area (TPSA) is 159 Å². The summed E-state index contributed by atoms with van der Waals surface area (Å²) in [6.07, 6.45) is 0. The predicted octanol–water partition coefficient (Wildman–Crippen LogP) is -0.282. The molecule has 0 saturated heterocycles. The number of ether oxygens (including phenoxy) is 1. The van der Waals surface area contributed by atoms with E-state index in [1.165, 1.54) is 13.2 Å². The summed E-state index contributed by atoms with van der Waals surface area (Å²) in [7, 11) is 1.30. The van der Waals surface area contributed by atoms with Crippen molar-refractivity contribution in [1.29, 1.82) is 0 Å². The Hall–Kier alpha value is -3.20. The van der Waals surface area contributed by atoms with Gasteiger partial charge in [0.25, 0.3) is 5.91 Å². The van der Waals surface area contributed by atoms with Crippen LogP contribution in [0.4, 0.5) is 11.6 Å². The number of nitrogen functional groups attached to an aromatic ring is 3. The number of nitrogens with zero attached hydrogens (tertiary/aromatic N) is 2. The van der Waals surface area contributed by atoms with Crippen LogP contribution in [0.25, 0.3) is 0 Å². The van der Waals surface area contributed by atoms with Crippen molar-refractivity contribution in [2.24, 2.45) is 5.84 Å². The SMILES string of the molecule is COC(=O)c1cccc(N)n1.NNC(=O)c1cccc(N)n1. The minimum absolute atomic E-state index is 0.215. The maximum absolute atomic E-state index is 10.8. The van der Waals surface area contributed by atoms with E-state index < -0.39 is 11.9 Å². The van der Waals surface area contributed by atoms with Gasteiger partial charge >= 0.3 is 5.97 Å². The van der Waals surface area contributed by atoms with Crippen molar-refractivity contribution in [3.05, 3.63) is 47.8 Å². The molecule has 0 saturated carbocycles. The number of aromatic nitrogens is 2. The number of nitrogens with one attached hydrogen (secondary N) is 1. The molecule has 7 N–H and O–H groups in total. The zero-order valence-electron chi connectivity index (χ0n) is 11.8. The molecule has 0 fully saturated rings. The van der Waals surface area contributed by atoms with Gasteiger partial charge in [-0.05, 0) is 24.3 Å². The fraction of sp³-hybridized carbons (Fsp3) is 0.0769. The molecular formula is C13H16N6O3.